The number of benzene rings is 2. The number of ether oxygens (including phenoxy) is 1. The van der Waals surface area contributed by atoms with Crippen molar-refractivity contribution in [3.63, 3.8) is 0 Å². The molecule has 1 fully saturated rings. The normalized spacial score (nSPS) is 13.7. The Labute approximate surface area is 193 Å². The summed E-state index contributed by atoms with van der Waals surface area (Å²) in [7, 11) is 1.68. The fourth-order valence-corrected chi connectivity index (χ4v) is 4.00. The van der Waals surface area contributed by atoms with Gasteiger partial charge in [-0.25, -0.2) is 4.68 Å². The average Bonchev–Trinajstić information content (AvgIpc) is 2.83. The minimum atomic E-state index is -0.303. The molecule has 0 unspecified atom stereocenters. The summed E-state index contributed by atoms with van der Waals surface area (Å²) >= 11 is 0. The van der Waals surface area contributed by atoms with Crippen molar-refractivity contribution in [3.05, 3.63) is 76.1 Å². The van der Waals surface area contributed by atoms with E-state index in [1.165, 1.54) is 10.7 Å². The van der Waals surface area contributed by atoms with Gasteiger partial charge in [0.25, 0.3) is 5.56 Å². The molecule has 0 aliphatic carbocycles. The number of hydrogen-bond acceptors (Lipinski definition) is 6. The molecular weight excluding hydrogens is 418 g/mol. The molecule has 1 aromatic heterocycles. The molecule has 1 aliphatic heterocycles. The maximum absolute atomic E-state index is 12.6. The summed E-state index contributed by atoms with van der Waals surface area (Å²) in [5.41, 5.74) is 3.62. The topological polar surface area (TPSA) is 79.7 Å². The van der Waals surface area contributed by atoms with E-state index in [1.807, 2.05) is 50.2 Å². The van der Waals surface area contributed by atoms with Crippen LogP contribution in [0.25, 0.3) is 0 Å². The smallest absolute Gasteiger partial charge is 0.267 e. The molecule has 1 N–H and O–H groups in total. The SMILES string of the molecule is COc1ccccc1N1CCN(c2ccc(=O)n(CC(=O)Nc3cccc(C)c3C)n2)CC1. The van der Waals surface area contributed by atoms with Crippen LogP contribution in [0.1, 0.15) is 11.1 Å². The predicted molar refractivity (Wildman–Crippen MR) is 130 cm³/mol. The molecule has 0 spiro atoms. The minimum Gasteiger partial charge on any atom is -0.495 e. The fraction of sp³-hybridized carbons (Fsp3) is 0.320. The lowest BCUT2D eigenvalue weighted by Gasteiger charge is -2.37. The molecule has 8 nitrogen and oxygen atoms in total. The van der Waals surface area contributed by atoms with Gasteiger partial charge in [0, 0.05) is 37.9 Å². The van der Waals surface area contributed by atoms with Gasteiger partial charge in [-0.1, -0.05) is 24.3 Å². The third kappa shape index (κ3) is 5.00. The second-order valence-corrected chi connectivity index (χ2v) is 8.13. The number of carbonyl (C=O) groups excluding carboxylic acids is 1. The van der Waals surface area contributed by atoms with Gasteiger partial charge in [-0.15, -0.1) is 0 Å². The number of para-hydroxylation sites is 2. The molecule has 1 saturated heterocycles. The van der Waals surface area contributed by atoms with Crippen molar-refractivity contribution in [2.24, 2.45) is 0 Å². The molecule has 0 bridgehead atoms. The van der Waals surface area contributed by atoms with Crippen molar-refractivity contribution in [2.75, 3.05) is 48.4 Å². The maximum Gasteiger partial charge on any atom is 0.267 e. The van der Waals surface area contributed by atoms with Crippen LogP contribution in [0.2, 0.25) is 0 Å². The number of amides is 1. The Morgan fingerprint density at radius 3 is 2.45 bits per heavy atom. The predicted octanol–water partition coefficient (Wildman–Crippen LogP) is 2.83. The monoisotopic (exact) mass is 447 g/mol. The second-order valence-electron chi connectivity index (χ2n) is 8.13. The first-order valence-corrected chi connectivity index (χ1v) is 11.0. The van der Waals surface area contributed by atoms with Crippen molar-refractivity contribution < 1.29 is 9.53 Å². The quantitative estimate of drug-likeness (QED) is 0.626. The van der Waals surface area contributed by atoms with Gasteiger partial charge in [-0.3, -0.25) is 9.59 Å². The molecule has 33 heavy (non-hydrogen) atoms. The molecule has 3 aromatic rings. The standard InChI is InChI=1S/C25H29N5O3/c1-18-7-6-8-20(19(18)2)26-24(31)17-30-25(32)12-11-23(27-30)29-15-13-28(14-16-29)21-9-4-5-10-22(21)33-3/h4-12H,13-17H2,1-3H3,(H,26,31). The molecule has 2 aromatic carbocycles. The largest absolute Gasteiger partial charge is 0.495 e. The molecule has 0 atom stereocenters. The Bertz CT molecular complexity index is 1200. The van der Waals surface area contributed by atoms with E-state index in [2.05, 4.69) is 26.3 Å². The van der Waals surface area contributed by atoms with Crippen LogP contribution < -0.4 is 25.4 Å². The highest BCUT2D eigenvalue weighted by molar-refractivity contribution is 5.91. The highest BCUT2D eigenvalue weighted by atomic mass is 16.5. The number of hydrogen-bond donors (Lipinski definition) is 1. The van der Waals surface area contributed by atoms with E-state index in [0.717, 1.165) is 54.4 Å². The van der Waals surface area contributed by atoms with Gasteiger partial charge in [0.05, 0.1) is 12.8 Å². The summed E-state index contributed by atoms with van der Waals surface area (Å²) in [6.07, 6.45) is 0. The summed E-state index contributed by atoms with van der Waals surface area (Å²) in [4.78, 5) is 29.4. The average molecular weight is 448 g/mol. The summed E-state index contributed by atoms with van der Waals surface area (Å²) in [5, 5.41) is 7.36. The molecule has 1 aliphatic rings. The third-order valence-corrected chi connectivity index (χ3v) is 6.05. The van der Waals surface area contributed by atoms with E-state index in [-0.39, 0.29) is 18.0 Å². The van der Waals surface area contributed by atoms with Crippen LogP contribution in [0.4, 0.5) is 17.2 Å². The molecular formula is C25H29N5O3. The van der Waals surface area contributed by atoms with E-state index in [9.17, 15) is 9.59 Å². The van der Waals surface area contributed by atoms with E-state index >= 15 is 0 Å². The molecule has 172 valence electrons. The Morgan fingerprint density at radius 1 is 0.970 bits per heavy atom. The number of anilines is 3. The second kappa shape index (κ2) is 9.77. The number of aromatic nitrogens is 2. The Kier molecular flexibility index (Phi) is 6.63. The van der Waals surface area contributed by atoms with Crippen LogP contribution in [-0.4, -0.2) is 49.0 Å². The van der Waals surface area contributed by atoms with Crippen LogP contribution in [0.3, 0.4) is 0 Å². The van der Waals surface area contributed by atoms with Crippen LogP contribution in [0.5, 0.6) is 5.75 Å². The van der Waals surface area contributed by atoms with Gasteiger partial charge >= 0.3 is 0 Å². The van der Waals surface area contributed by atoms with Crippen molar-refractivity contribution in [2.45, 2.75) is 20.4 Å². The first kappa shape index (κ1) is 22.4. The number of methoxy groups -OCH3 is 1. The van der Waals surface area contributed by atoms with Gasteiger partial charge < -0.3 is 19.9 Å². The highest BCUT2D eigenvalue weighted by Gasteiger charge is 2.21. The maximum atomic E-state index is 12.6. The van der Waals surface area contributed by atoms with E-state index < -0.39 is 0 Å². The minimum absolute atomic E-state index is 0.138. The van der Waals surface area contributed by atoms with Gasteiger partial charge in [-0.05, 0) is 49.2 Å². The Balaban J connectivity index is 1.43. The lowest BCUT2D eigenvalue weighted by atomic mass is 10.1. The zero-order valence-corrected chi connectivity index (χ0v) is 19.2. The number of nitrogens with one attached hydrogen (secondary N) is 1. The Hall–Kier alpha value is -3.81. The van der Waals surface area contributed by atoms with E-state index in [1.54, 1.807) is 13.2 Å². The van der Waals surface area contributed by atoms with Crippen molar-refractivity contribution in [1.82, 2.24) is 9.78 Å². The first-order valence-electron chi connectivity index (χ1n) is 11.0. The van der Waals surface area contributed by atoms with E-state index in [0.29, 0.717) is 5.82 Å². The van der Waals surface area contributed by atoms with Crippen molar-refractivity contribution >= 4 is 23.1 Å². The number of aryl methyl sites for hydroxylation is 1. The summed E-state index contributed by atoms with van der Waals surface area (Å²) in [6.45, 7) is 6.91. The molecule has 2 heterocycles. The third-order valence-electron chi connectivity index (χ3n) is 6.05. The zero-order chi connectivity index (χ0) is 23.4. The van der Waals surface area contributed by atoms with Crippen LogP contribution >= 0.6 is 0 Å². The van der Waals surface area contributed by atoms with Gasteiger partial charge in [-0.2, -0.15) is 5.10 Å². The number of carbonyl (C=O) groups is 1. The molecule has 4 rings (SSSR count). The molecule has 0 radical (unpaired) electrons. The fourth-order valence-electron chi connectivity index (χ4n) is 4.00. The van der Waals surface area contributed by atoms with Crippen LogP contribution in [0, 0.1) is 13.8 Å². The van der Waals surface area contributed by atoms with Crippen LogP contribution in [0.15, 0.2) is 59.4 Å². The first-order chi connectivity index (χ1) is 16.0. The van der Waals surface area contributed by atoms with Gasteiger partial charge in [0.15, 0.2) is 0 Å². The van der Waals surface area contributed by atoms with Crippen molar-refractivity contribution in [3.8, 4) is 5.75 Å². The molecule has 8 heteroatoms. The summed E-state index contributed by atoms with van der Waals surface area (Å²) < 4.78 is 6.71. The summed E-state index contributed by atoms with van der Waals surface area (Å²) in [6, 6.07) is 16.9. The molecule has 0 saturated carbocycles. The lowest BCUT2D eigenvalue weighted by molar-refractivity contribution is -0.117. The number of nitrogens with zero attached hydrogens (tertiary/aromatic N) is 4. The lowest BCUT2D eigenvalue weighted by Crippen LogP contribution is -2.47. The Morgan fingerprint density at radius 2 is 1.70 bits per heavy atom. The summed E-state index contributed by atoms with van der Waals surface area (Å²) in [5.74, 6) is 1.26. The molecule has 1 amide bonds. The van der Waals surface area contributed by atoms with Crippen molar-refractivity contribution in [1.29, 1.82) is 0 Å². The van der Waals surface area contributed by atoms with Gasteiger partial charge in [0.1, 0.15) is 18.1 Å². The van der Waals surface area contributed by atoms with Gasteiger partial charge in [0.2, 0.25) is 5.91 Å². The number of rotatable bonds is 6. The van der Waals surface area contributed by atoms with Crippen LogP contribution in [-0.2, 0) is 11.3 Å². The zero-order valence-electron chi connectivity index (χ0n) is 19.2. The number of piperazine rings is 1. The highest BCUT2D eigenvalue weighted by Crippen LogP contribution is 2.28. The van der Waals surface area contributed by atoms with E-state index in [4.69, 9.17) is 4.74 Å².